The summed E-state index contributed by atoms with van der Waals surface area (Å²) in [4.78, 5) is 15.2. The van der Waals surface area contributed by atoms with Crippen molar-refractivity contribution in [2.24, 2.45) is 17.3 Å². The third kappa shape index (κ3) is 3.74. The van der Waals surface area contributed by atoms with Gasteiger partial charge >= 0.3 is 0 Å². The van der Waals surface area contributed by atoms with E-state index in [0.717, 1.165) is 32.0 Å². The van der Waals surface area contributed by atoms with E-state index < -0.39 is 0 Å². The van der Waals surface area contributed by atoms with Gasteiger partial charge in [0.1, 0.15) is 0 Å². The molecule has 0 aromatic carbocycles. The summed E-state index contributed by atoms with van der Waals surface area (Å²) in [5, 5.41) is 6.70. The summed E-state index contributed by atoms with van der Waals surface area (Å²) in [6.45, 7) is 12.2. The highest BCUT2D eigenvalue weighted by molar-refractivity contribution is 5.82. The average Bonchev–Trinajstić information content (AvgIpc) is 3.26. The fourth-order valence-electron chi connectivity index (χ4n) is 4.68. The van der Waals surface area contributed by atoms with Crippen LogP contribution >= 0.6 is 0 Å². The Kier molecular flexibility index (Phi) is 5.03. The normalized spacial score (nSPS) is 31.1. The third-order valence-corrected chi connectivity index (χ3v) is 6.75. The molecule has 0 aromatic rings. The van der Waals surface area contributed by atoms with Crippen LogP contribution in [0.2, 0.25) is 0 Å². The van der Waals surface area contributed by atoms with E-state index in [-0.39, 0.29) is 11.5 Å². The van der Waals surface area contributed by atoms with Gasteiger partial charge in [0.25, 0.3) is 0 Å². The molecule has 0 bridgehead atoms. The number of hydrogen-bond acceptors (Lipinski definition) is 3. The van der Waals surface area contributed by atoms with Crippen LogP contribution in [0, 0.1) is 17.3 Å². The Morgan fingerprint density at radius 3 is 2.78 bits per heavy atom. The van der Waals surface area contributed by atoms with E-state index in [1.54, 1.807) is 0 Å². The van der Waals surface area contributed by atoms with Gasteiger partial charge in [0.05, 0.1) is 0 Å². The molecule has 0 aromatic heterocycles. The van der Waals surface area contributed by atoms with Crippen molar-refractivity contribution >= 4 is 5.91 Å². The molecule has 0 radical (unpaired) electrons. The first-order chi connectivity index (χ1) is 11.0. The highest BCUT2D eigenvalue weighted by Gasteiger charge is 2.57. The zero-order valence-corrected chi connectivity index (χ0v) is 15.3. The maximum absolute atomic E-state index is 12.6. The minimum atomic E-state index is 0.0691. The van der Waals surface area contributed by atoms with Crippen molar-refractivity contribution in [2.75, 3.05) is 32.7 Å². The van der Waals surface area contributed by atoms with E-state index in [9.17, 15) is 4.79 Å². The lowest BCUT2D eigenvalue weighted by atomic mass is 9.90. The smallest absolute Gasteiger partial charge is 0.223 e. The molecule has 2 N–H and O–H groups in total. The van der Waals surface area contributed by atoms with Gasteiger partial charge in [0.15, 0.2) is 0 Å². The van der Waals surface area contributed by atoms with Crippen molar-refractivity contribution in [1.82, 2.24) is 15.5 Å². The zero-order valence-electron chi connectivity index (χ0n) is 15.3. The van der Waals surface area contributed by atoms with E-state index in [1.807, 2.05) is 0 Å². The highest BCUT2D eigenvalue weighted by Crippen LogP contribution is 2.58. The summed E-state index contributed by atoms with van der Waals surface area (Å²) in [5.41, 5.74) is 0.414. The van der Waals surface area contributed by atoms with Crippen LogP contribution in [-0.4, -0.2) is 49.1 Å². The molecule has 2 unspecified atom stereocenters. The van der Waals surface area contributed by atoms with Gasteiger partial charge < -0.3 is 10.6 Å². The van der Waals surface area contributed by atoms with Gasteiger partial charge in [0.2, 0.25) is 5.91 Å². The Morgan fingerprint density at radius 1 is 1.35 bits per heavy atom. The largest absolute Gasteiger partial charge is 0.354 e. The van der Waals surface area contributed by atoms with E-state index in [4.69, 9.17) is 0 Å². The molecule has 2 saturated heterocycles. The molecule has 4 nitrogen and oxygen atoms in total. The molecule has 3 rings (SSSR count). The number of piperidine rings is 2. The fraction of sp³-hybridized carbons (Fsp3) is 0.947. The third-order valence-electron chi connectivity index (χ3n) is 6.75. The van der Waals surface area contributed by atoms with Gasteiger partial charge in [-0.2, -0.15) is 0 Å². The molecule has 1 saturated carbocycles. The lowest BCUT2D eigenvalue weighted by molar-refractivity contribution is -0.124. The lowest BCUT2D eigenvalue weighted by Gasteiger charge is -2.43. The summed E-state index contributed by atoms with van der Waals surface area (Å²) in [5.74, 6) is 1.43. The summed E-state index contributed by atoms with van der Waals surface area (Å²) in [6.07, 6.45) is 7.42. The molecule has 1 aliphatic carbocycles. The SMILES string of the molecule is CCC1CCCN(C(C)(C)CNC(=O)C2CC23CCNCC3)C1. The van der Waals surface area contributed by atoms with Gasteiger partial charge in [-0.1, -0.05) is 13.3 Å². The van der Waals surface area contributed by atoms with Crippen molar-refractivity contribution in [1.29, 1.82) is 0 Å². The van der Waals surface area contributed by atoms with E-state index in [0.29, 0.717) is 11.3 Å². The number of hydrogen-bond donors (Lipinski definition) is 2. The van der Waals surface area contributed by atoms with Crippen LogP contribution < -0.4 is 10.6 Å². The van der Waals surface area contributed by atoms with Crippen molar-refractivity contribution in [2.45, 2.75) is 64.8 Å². The first-order valence-electron chi connectivity index (χ1n) is 9.70. The van der Waals surface area contributed by atoms with Crippen LogP contribution in [0.3, 0.4) is 0 Å². The highest BCUT2D eigenvalue weighted by atomic mass is 16.2. The number of nitrogens with zero attached hydrogens (tertiary/aromatic N) is 1. The molecule has 2 atom stereocenters. The maximum atomic E-state index is 12.6. The number of likely N-dealkylation sites (tertiary alicyclic amines) is 1. The summed E-state index contributed by atoms with van der Waals surface area (Å²) in [6, 6.07) is 0. The minimum Gasteiger partial charge on any atom is -0.354 e. The van der Waals surface area contributed by atoms with Crippen molar-refractivity contribution in [3.63, 3.8) is 0 Å². The van der Waals surface area contributed by atoms with Crippen LogP contribution in [0.1, 0.15) is 59.3 Å². The Balaban J connectivity index is 1.48. The van der Waals surface area contributed by atoms with Crippen LogP contribution in [-0.2, 0) is 4.79 Å². The molecule has 3 aliphatic rings. The molecule has 1 spiro atoms. The Hall–Kier alpha value is -0.610. The number of carbonyl (C=O) groups is 1. The molecule has 2 aliphatic heterocycles. The number of nitrogens with one attached hydrogen (secondary N) is 2. The van der Waals surface area contributed by atoms with Crippen molar-refractivity contribution in [3.05, 3.63) is 0 Å². The zero-order chi connectivity index (χ0) is 16.5. The summed E-state index contributed by atoms with van der Waals surface area (Å²) < 4.78 is 0. The molecule has 23 heavy (non-hydrogen) atoms. The summed E-state index contributed by atoms with van der Waals surface area (Å²) in [7, 11) is 0. The molecule has 132 valence electrons. The molecule has 1 amide bonds. The molecular weight excluding hydrogens is 286 g/mol. The topological polar surface area (TPSA) is 44.4 Å². The molecule has 4 heteroatoms. The lowest BCUT2D eigenvalue weighted by Crippen LogP contribution is -2.55. The second-order valence-electron chi connectivity index (χ2n) is 8.76. The van der Waals surface area contributed by atoms with Gasteiger partial charge in [-0.25, -0.2) is 0 Å². The van der Waals surface area contributed by atoms with Crippen LogP contribution in [0.25, 0.3) is 0 Å². The van der Waals surface area contributed by atoms with Crippen molar-refractivity contribution in [3.8, 4) is 0 Å². The van der Waals surface area contributed by atoms with Crippen molar-refractivity contribution < 1.29 is 4.79 Å². The fourth-order valence-corrected chi connectivity index (χ4v) is 4.68. The Labute approximate surface area is 141 Å². The quantitative estimate of drug-likeness (QED) is 0.817. The predicted molar refractivity (Wildman–Crippen MR) is 94.3 cm³/mol. The van der Waals surface area contributed by atoms with Crippen LogP contribution in [0.15, 0.2) is 0 Å². The predicted octanol–water partition coefficient (Wildman–Crippen LogP) is 2.39. The average molecular weight is 322 g/mol. The van der Waals surface area contributed by atoms with Gasteiger partial charge in [-0.15, -0.1) is 0 Å². The van der Waals surface area contributed by atoms with Gasteiger partial charge in [0, 0.05) is 24.5 Å². The van der Waals surface area contributed by atoms with Gasteiger partial charge in [-0.3, -0.25) is 9.69 Å². The Morgan fingerprint density at radius 2 is 2.09 bits per heavy atom. The second kappa shape index (κ2) is 6.72. The number of amides is 1. The molecular formula is C19H35N3O. The monoisotopic (exact) mass is 321 g/mol. The summed E-state index contributed by atoms with van der Waals surface area (Å²) >= 11 is 0. The maximum Gasteiger partial charge on any atom is 0.223 e. The van der Waals surface area contributed by atoms with E-state index in [1.165, 1.54) is 45.2 Å². The number of rotatable bonds is 5. The van der Waals surface area contributed by atoms with E-state index in [2.05, 4.69) is 36.3 Å². The minimum absolute atomic E-state index is 0.0691. The second-order valence-corrected chi connectivity index (χ2v) is 8.76. The first kappa shape index (κ1) is 17.2. The van der Waals surface area contributed by atoms with E-state index >= 15 is 0 Å². The molecule has 2 heterocycles. The standard InChI is InChI=1S/C19H35N3O/c1-4-15-6-5-11-22(13-15)18(2,3)14-21-17(23)16-12-19(16)7-9-20-10-8-19/h15-16,20H,4-14H2,1-3H3,(H,21,23). The Bertz CT molecular complexity index is 428. The van der Waals surface area contributed by atoms with Crippen LogP contribution in [0.5, 0.6) is 0 Å². The van der Waals surface area contributed by atoms with Gasteiger partial charge in [-0.05, 0) is 76.9 Å². The van der Waals surface area contributed by atoms with Crippen LogP contribution in [0.4, 0.5) is 0 Å². The number of carbonyl (C=O) groups excluding carboxylic acids is 1. The molecule has 3 fully saturated rings. The first-order valence-corrected chi connectivity index (χ1v) is 9.70.